The summed E-state index contributed by atoms with van der Waals surface area (Å²) < 4.78 is 98.9. The molecule has 0 atom stereocenters. The molecule has 4 amide bonds. The second kappa shape index (κ2) is 21.2. The van der Waals surface area contributed by atoms with Crippen LogP contribution in [0.25, 0.3) is 0 Å². The van der Waals surface area contributed by atoms with Crippen LogP contribution in [0.3, 0.4) is 0 Å². The molecule has 2 saturated heterocycles. The maximum absolute atomic E-state index is 15.4. The van der Waals surface area contributed by atoms with Gasteiger partial charge in [0, 0.05) is 59.2 Å². The number of benzene rings is 3. The minimum atomic E-state index is -3.22. The van der Waals surface area contributed by atoms with Crippen molar-refractivity contribution < 1.29 is 73.6 Å². The Labute approximate surface area is 369 Å². The summed E-state index contributed by atoms with van der Waals surface area (Å²) >= 11 is 1.76. The van der Waals surface area contributed by atoms with Crippen molar-refractivity contribution in [2.45, 2.75) is 9.79 Å². The molecule has 0 radical (unpaired) electrons. The second-order valence-electron chi connectivity index (χ2n) is 14.0. The van der Waals surface area contributed by atoms with E-state index in [-0.39, 0.29) is 122 Å². The third-order valence-corrected chi connectivity index (χ3v) is 15.1. The highest BCUT2D eigenvalue weighted by Gasteiger charge is 2.41. The van der Waals surface area contributed by atoms with E-state index in [9.17, 15) is 40.8 Å². The summed E-state index contributed by atoms with van der Waals surface area (Å²) in [7, 11) is -6.44. The fraction of sp³-hybridized carbons (Fsp3) is 0.375. The van der Waals surface area contributed by atoms with Gasteiger partial charge >= 0.3 is 5.97 Å². The summed E-state index contributed by atoms with van der Waals surface area (Å²) in [6.07, 6.45) is 0. The van der Waals surface area contributed by atoms with Crippen LogP contribution in [0.15, 0.2) is 80.3 Å². The molecule has 0 saturated carbocycles. The van der Waals surface area contributed by atoms with Crippen molar-refractivity contribution in [1.82, 2.24) is 9.80 Å². The SMILES string of the molecule is O=C(O)COCCOCCOCCOc1c(F)cc(N2C(=O)C(Sc3ccc(C(=O)N4CCS(=O)(=O)CC4)cc3)=C(Sc3ccc(C(=O)N4CCS(=O)(=O)CC4)cc3)C2=O)cc1F. The van der Waals surface area contributed by atoms with E-state index in [0.29, 0.717) is 14.7 Å². The number of aliphatic carboxylic acids is 1. The van der Waals surface area contributed by atoms with Crippen molar-refractivity contribution in [2.24, 2.45) is 0 Å². The molecule has 3 heterocycles. The van der Waals surface area contributed by atoms with Gasteiger partial charge < -0.3 is 33.9 Å². The monoisotopic (exact) mass is 953 g/mol. The summed E-state index contributed by atoms with van der Waals surface area (Å²) in [6, 6.07) is 13.7. The van der Waals surface area contributed by atoms with Crippen LogP contribution in [0.1, 0.15) is 20.7 Å². The summed E-state index contributed by atoms with van der Waals surface area (Å²) in [5.41, 5.74) is 0.116. The van der Waals surface area contributed by atoms with Crippen LogP contribution < -0.4 is 9.64 Å². The number of carbonyl (C=O) groups excluding carboxylic acids is 4. The van der Waals surface area contributed by atoms with E-state index in [2.05, 4.69) is 0 Å². The molecule has 0 aromatic heterocycles. The molecular formula is C40H41F2N3O14S4. The van der Waals surface area contributed by atoms with Gasteiger partial charge in [-0.3, -0.25) is 19.2 Å². The average Bonchev–Trinajstić information content (AvgIpc) is 3.47. The van der Waals surface area contributed by atoms with E-state index in [4.69, 9.17) is 24.1 Å². The number of halogens is 2. The average molecular weight is 954 g/mol. The molecule has 0 bridgehead atoms. The summed E-state index contributed by atoms with van der Waals surface area (Å²) in [5, 5.41) is 8.54. The molecule has 23 heteroatoms. The Balaban J connectivity index is 1.15. The summed E-state index contributed by atoms with van der Waals surface area (Å²) in [6.45, 7) is -0.171. The van der Waals surface area contributed by atoms with Crippen molar-refractivity contribution >= 4 is 78.5 Å². The Morgan fingerprint density at radius 2 is 0.984 bits per heavy atom. The quantitative estimate of drug-likeness (QED) is 0.135. The molecule has 3 aromatic carbocycles. The lowest BCUT2D eigenvalue weighted by Gasteiger charge is -2.26. The van der Waals surface area contributed by atoms with Gasteiger partial charge in [-0.25, -0.2) is 35.3 Å². The van der Waals surface area contributed by atoms with E-state index in [1.807, 2.05) is 0 Å². The van der Waals surface area contributed by atoms with E-state index in [0.717, 1.165) is 35.7 Å². The number of thioether (sulfide) groups is 2. The first-order valence-electron chi connectivity index (χ1n) is 19.3. The Morgan fingerprint density at radius 1 is 0.603 bits per heavy atom. The van der Waals surface area contributed by atoms with Crippen molar-refractivity contribution in [3.63, 3.8) is 0 Å². The van der Waals surface area contributed by atoms with Crippen molar-refractivity contribution in [3.05, 3.63) is 93.2 Å². The van der Waals surface area contributed by atoms with Crippen LogP contribution in [0.2, 0.25) is 0 Å². The molecule has 1 N–H and O–H groups in total. The molecule has 3 aliphatic rings. The molecule has 0 unspecified atom stereocenters. The van der Waals surface area contributed by atoms with Crippen LogP contribution in [0.5, 0.6) is 5.75 Å². The lowest BCUT2D eigenvalue weighted by Crippen LogP contribution is -2.43. The number of rotatable bonds is 19. The van der Waals surface area contributed by atoms with Crippen molar-refractivity contribution in [3.8, 4) is 5.75 Å². The standard InChI is InChI=1S/C40H41F2N3O14S4/c41-31-23-28(24-32(42)34(31)59-18-17-57-14-13-56-15-16-58-25-33(46)47)45-39(50)35(60-29-5-1-26(2-6-29)37(48)43-9-19-62(52,53)20-10-43)36(40(45)51)61-30-7-3-27(4-8-30)38(49)44-11-21-63(54,55)22-12-44/h1-8,23-24H,9-22,25H2,(H,46,47). The molecule has 63 heavy (non-hydrogen) atoms. The fourth-order valence-electron chi connectivity index (χ4n) is 6.28. The molecule has 3 aliphatic heterocycles. The van der Waals surface area contributed by atoms with Gasteiger partial charge in [0.05, 0.1) is 71.5 Å². The first-order chi connectivity index (χ1) is 30.0. The number of carbonyl (C=O) groups is 5. The topological polar surface area (TPSA) is 220 Å². The number of ether oxygens (including phenoxy) is 4. The lowest BCUT2D eigenvalue weighted by molar-refractivity contribution is -0.142. The van der Waals surface area contributed by atoms with Gasteiger partial charge in [-0.15, -0.1) is 0 Å². The normalized spacial score (nSPS) is 17.3. The Bertz CT molecular complexity index is 2310. The predicted molar refractivity (Wildman–Crippen MR) is 225 cm³/mol. The van der Waals surface area contributed by atoms with E-state index < -0.39 is 67.1 Å². The number of amides is 4. The maximum atomic E-state index is 15.4. The summed E-state index contributed by atoms with van der Waals surface area (Å²) in [5.74, 6) is -7.43. The van der Waals surface area contributed by atoms with Crippen LogP contribution in [0, 0.1) is 11.6 Å². The maximum Gasteiger partial charge on any atom is 0.329 e. The Hall–Kier alpha value is -4.91. The highest BCUT2D eigenvalue weighted by molar-refractivity contribution is 8.08. The van der Waals surface area contributed by atoms with E-state index in [1.54, 1.807) is 24.3 Å². The second-order valence-corrected chi connectivity index (χ2v) is 20.8. The molecular weight excluding hydrogens is 913 g/mol. The predicted octanol–water partition coefficient (Wildman–Crippen LogP) is 2.89. The highest BCUT2D eigenvalue weighted by Crippen LogP contribution is 2.44. The Morgan fingerprint density at radius 3 is 1.38 bits per heavy atom. The zero-order valence-electron chi connectivity index (χ0n) is 33.4. The van der Waals surface area contributed by atoms with Gasteiger partial charge in [0.1, 0.15) is 13.2 Å². The van der Waals surface area contributed by atoms with Gasteiger partial charge in [-0.1, -0.05) is 23.5 Å². The zero-order chi connectivity index (χ0) is 45.3. The van der Waals surface area contributed by atoms with Crippen LogP contribution in [-0.2, 0) is 48.3 Å². The molecule has 0 aliphatic carbocycles. The lowest BCUT2D eigenvalue weighted by atomic mass is 10.2. The van der Waals surface area contributed by atoms with Crippen molar-refractivity contribution in [2.75, 3.05) is 100 Å². The summed E-state index contributed by atoms with van der Waals surface area (Å²) in [4.78, 5) is 69.0. The van der Waals surface area contributed by atoms with E-state index >= 15 is 8.78 Å². The molecule has 0 spiro atoms. The number of hydrogen-bond donors (Lipinski definition) is 1. The van der Waals surface area contributed by atoms with Gasteiger partial charge in [0.25, 0.3) is 23.6 Å². The molecule has 2 fully saturated rings. The largest absolute Gasteiger partial charge is 0.485 e. The van der Waals surface area contributed by atoms with Crippen LogP contribution in [0.4, 0.5) is 14.5 Å². The third-order valence-electron chi connectivity index (χ3n) is 9.59. The minimum absolute atomic E-state index is 0.0472. The number of carboxylic acids is 1. The number of carboxylic acid groups (broad SMARTS) is 1. The minimum Gasteiger partial charge on any atom is -0.485 e. The van der Waals surface area contributed by atoms with E-state index in [1.165, 1.54) is 34.1 Å². The Kier molecular flexibility index (Phi) is 16.0. The van der Waals surface area contributed by atoms with Gasteiger partial charge in [0.2, 0.25) is 0 Å². The van der Waals surface area contributed by atoms with Gasteiger partial charge in [-0.2, -0.15) is 0 Å². The fourth-order valence-corrected chi connectivity index (χ4v) is 10.7. The first-order valence-corrected chi connectivity index (χ1v) is 24.5. The zero-order valence-corrected chi connectivity index (χ0v) is 36.6. The highest BCUT2D eigenvalue weighted by atomic mass is 32.2. The number of sulfone groups is 2. The van der Waals surface area contributed by atoms with Gasteiger partial charge in [-0.05, 0) is 48.5 Å². The number of anilines is 1. The molecule has 6 rings (SSSR count). The van der Waals surface area contributed by atoms with Crippen LogP contribution in [-0.4, -0.2) is 157 Å². The first kappa shape index (κ1) is 47.6. The molecule has 3 aromatic rings. The number of imide groups is 1. The smallest absolute Gasteiger partial charge is 0.329 e. The third kappa shape index (κ3) is 12.6. The van der Waals surface area contributed by atoms with Crippen molar-refractivity contribution in [1.29, 1.82) is 0 Å². The van der Waals surface area contributed by atoms with Gasteiger partial charge in [0.15, 0.2) is 37.1 Å². The number of nitrogens with zero attached hydrogens (tertiary/aromatic N) is 3. The number of hydrogen-bond acceptors (Lipinski definition) is 15. The van der Waals surface area contributed by atoms with Crippen LogP contribution >= 0.6 is 23.5 Å². The molecule has 17 nitrogen and oxygen atoms in total. The molecule has 338 valence electrons.